The van der Waals surface area contributed by atoms with Crippen LogP contribution >= 0.6 is 11.8 Å². The fraction of sp³-hybridized carbons (Fsp3) is 0.312. The van der Waals surface area contributed by atoms with Crippen LogP contribution in [0.25, 0.3) is 0 Å². The first-order valence-electron chi connectivity index (χ1n) is 7.35. The van der Waals surface area contributed by atoms with Gasteiger partial charge in [-0.3, -0.25) is 19.9 Å². The molecule has 1 aromatic carbocycles. The minimum atomic E-state index is -0.348. The van der Waals surface area contributed by atoms with Crippen molar-refractivity contribution in [2.45, 2.75) is 18.1 Å². The van der Waals surface area contributed by atoms with E-state index >= 15 is 0 Å². The quantitative estimate of drug-likeness (QED) is 0.856. The molecule has 2 aliphatic rings. The van der Waals surface area contributed by atoms with E-state index in [1.807, 2.05) is 37.4 Å². The van der Waals surface area contributed by atoms with Gasteiger partial charge in [-0.1, -0.05) is 30.0 Å². The molecule has 2 aliphatic heterocycles. The number of dihydropyridines is 1. The summed E-state index contributed by atoms with van der Waals surface area (Å²) >= 11 is 1.04. The summed E-state index contributed by atoms with van der Waals surface area (Å²) in [6, 6.07) is 7.49. The fourth-order valence-corrected chi connectivity index (χ4v) is 3.19. The van der Waals surface area contributed by atoms with Gasteiger partial charge in [-0.05, 0) is 36.6 Å². The number of likely N-dealkylation sites (N-methyl/N-ethyl adjacent to an activating group) is 1. The maximum Gasteiger partial charge on any atom is 0.286 e. The molecule has 0 saturated carbocycles. The molecular weight excluding hydrogens is 314 g/mol. The van der Waals surface area contributed by atoms with E-state index in [-0.39, 0.29) is 16.4 Å². The van der Waals surface area contributed by atoms with Crippen molar-refractivity contribution in [1.82, 2.24) is 10.4 Å². The van der Waals surface area contributed by atoms with Crippen LogP contribution in [0.2, 0.25) is 0 Å². The molecule has 120 valence electrons. The molecule has 0 radical (unpaired) electrons. The van der Waals surface area contributed by atoms with E-state index in [0.29, 0.717) is 12.2 Å². The molecule has 0 aliphatic carbocycles. The number of nitrogens with zero attached hydrogens (tertiary/aromatic N) is 2. The summed E-state index contributed by atoms with van der Waals surface area (Å²) in [4.78, 5) is 32.8. The van der Waals surface area contributed by atoms with Gasteiger partial charge in [0.15, 0.2) is 11.6 Å². The highest BCUT2D eigenvalue weighted by Crippen LogP contribution is 2.24. The minimum absolute atomic E-state index is 0.220. The summed E-state index contributed by atoms with van der Waals surface area (Å²) < 4.78 is 0. The number of nitrogens with one attached hydrogen (secondary N) is 1. The molecule has 3 rings (SSSR count). The second kappa shape index (κ2) is 6.87. The van der Waals surface area contributed by atoms with Crippen molar-refractivity contribution in [3.63, 3.8) is 0 Å². The molecule has 2 amide bonds. The predicted octanol–water partition coefficient (Wildman–Crippen LogP) is 2.16. The second-order valence-corrected chi connectivity index (χ2v) is 6.43. The largest absolute Gasteiger partial charge is 0.378 e. The fourth-order valence-electron chi connectivity index (χ4n) is 2.33. The number of aliphatic imine (C=N–C) groups is 1. The lowest BCUT2D eigenvalue weighted by molar-refractivity contribution is -0.118. The molecule has 1 saturated heterocycles. The zero-order chi connectivity index (χ0) is 16.2. The number of hydrogen-bond donors (Lipinski definition) is 1. The summed E-state index contributed by atoms with van der Waals surface area (Å²) in [7, 11) is 1.81. The molecule has 23 heavy (non-hydrogen) atoms. The highest BCUT2D eigenvalue weighted by Gasteiger charge is 2.31. The van der Waals surface area contributed by atoms with Gasteiger partial charge in [0.25, 0.3) is 5.24 Å². The maximum absolute atomic E-state index is 11.6. The van der Waals surface area contributed by atoms with Crippen LogP contribution in [0, 0.1) is 0 Å². The Hall–Kier alpha value is -2.28. The first-order valence-corrected chi connectivity index (χ1v) is 8.23. The molecular formula is C16H17N3O3S. The summed E-state index contributed by atoms with van der Waals surface area (Å²) in [5.41, 5.74) is 0.984. The maximum atomic E-state index is 11.6. The third kappa shape index (κ3) is 3.92. The van der Waals surface area contributed by atoms with Crippen molar-refractivity contribution >= 4 is 28.7 Å². The van der Waals surface area contributed by atoms with Crippen LogP contribution in [-0.2, 0) is 11.2 Å². The number of amides is 2. The summed E-state index contributed by atoms with van der Waals surface area (Å²) in [5, 5.41) is 3.30. The highest BCUT2D eigenvalue weighted by molar-refractivity contribution is 8.15. The third-order valence-electron chi connectivity index (χ3n) is 3.51. The minimum Gasteiger partial charge on any atom is -0.378 e. The van der Waals surface area contributed by atoms with Gasteiger partial charge < -0.3 is 4.84 Å². The van der Waals surface area contributed by atoms with E-state index < -0.39 is 0 Å². The number of hydrogen-bond acceptors (Lipinski definition) is 6. The topological polar surface area (TPSA) is 71.0 Å². The summed E-state index contributed by atoms with van der Waals surface area (Å²) in [6.45, 7) is 0.776. The van der Waals surface area contributed by atoms with Crippen LogP contribution in [0.1, 0.15) is 12.0 Å². The molecule has 1 aromatic rings. The molecule has 6 nitrogen and oxygen atoms in total. The van der Waals surface area contributed by atoms with Crippen LogP contribution in [0.15, 0.2) is 41.4 Å². The average molecular weight is 331 g/mol. The molecule has 1 N–H and O–H groups in total. The van der Waals surface area contributed by atoms with Crippen molar-refractivity contribution in [2.24, 2.45) is 4.99 Å². The smallest absolute Gasteiger partial charge is 0.286 e. The van der Waals surface area contributed by atoms with E-state index in [1.54, 1.807) is 5.06 Å². The van der Waals surface area contributed by atoms with Crippen molar-refractivity contribution in [1.29, 1.82) is 0 Å². The van der Waals surface area contributed by atoms with Gasteiger partial charge >= 0.3 is 0 Å². The predicted molar refractivity (Wildman–Crippen MR) is 89.5 cm³/mol. The van der Waals surface area contributed by atoms with Gasteiger partial charge in [-0.2, -0.15) is 5.06 Å². The monoisotopic (exact) mass is 331 g/mol. The van der Waals surface area contributed by atoms with Crippen LogP contribution in [0.5, 0.6) is 5.75 Å². The summed E-state index contributed by atoms with van der Waals surface area (Å²) in [6.07, 6.45) is 5.48. The SMILES string of the molecule is CN(Oc1ccc(CC2SC(=O)NC2=O)cc1)C1=NCCC=C1. The zero-order valence-electron chi connectivity index (χ0n) is 12.7. The highest BCUT2D eigenvalue weighted by atomic mass is 32.2. The molecule has 1 atom stereocenters. The molecule has 1 fully saturated rings. The number of carbonyl (C=O) groups excluding carboxylic acids is 2. The zero-order valence-corrected chi connectivity index (χ0v) is 13.5. The van der Waals surface area contributed by atoms with E-state index in [2.05, 4.69) is 16.4 Å². The number of rotatable bonds is 4. The van der Waals surface area contributed by atoms with E-state index in [0.717, 1.165) is 36.1 Å². The van der Waals surface area contributed by atoms with Gasteiger partial charge in [-0.25, -0.2) is 0 Å². The Morgan fingerprint density at radius 3 is 2.74 bits per heavy atom. The third-order valence-corrected chi connectivity index (χ3v) is 4.49. The van der Waals surface area contributed by atoms with Crippen LogP contribution < -0.4 is 10.2 Å². The van der Waals surface area contributed by atoms with Gasteiger partial charge in [0.2, 0.25) is 5.91 Å². The van der Waals surface area contributed by atoms with Crippen molar-refractivity contribution in [3.8, 4) is 5.75 Å². The lowest BCUT2D eigenvalue weighted by Crippen LogP contribution is -2.29. The molecule has 0 aromatic heterocycles. The second-order valence-electron chi connectivity index (χ2n) is 5.25. The Labute approximate surface area is 138 Å². The lowest BCUT2D eigenvalue weighted by atomic mass is 10.1. The average Bonchev–Trinajstić information content (AvgIpc) is 2.87. The van der Waals surface area contributed by atoms with Crippen molar-refractivity contribution in [3.05, 3.63) is 42.0 Å². The van der Waals surface area contributed by atoms with Gasteiger partial charge in [-0.15, -0.1) is 0 Å². The van der Waals surface area contributed by atoms with Crippen LogP contribution in [0.3, 0.4) is 0 Å². The Morgan fingerprint density at radius 1 is 1.35 bits per heavy atom. The Kier molecular flexibility index (Phi) is 4.66. The van der Waals surface area contributed by atoms with Gasteiger partial charge in [0.1, 0.15) is 0 Å². The van der Waals surface area contributed by atoms with E-state index in [4.69, 9.17) is 4.84 Å². The Morgan fingerprint density at radius 2 is 2.13 bits per heavy atom. The van der Waals surface area contributed by atoms with E-state index in [1.165, 1.54) is 0 Å². The molecule has 0 bridgehead atoms. The number of carbonyl (C=O) groups is 2. The normalized spacial score (nSPS) is 20.2. The number of amidine groups is 1. The first-order chi connectivity index (χ1) is 11.1. The Bertz CT molecular complexity index is 670. The van der Waals surface area contributed by atoms with Crippen LogP contribution in [0.4, 0.5) is 4.79 Å². The van der Waals surface area contributed by atoms with Gasteiger partial charge in [0.05, 0.1) is 5.25 Å². The number of benzene rings is 1. The van der Waals surface area contributed by atoms with Crippen molar-refractivity contribution in [2.75, 3.05) is 13.6 Å². The summed E-state index contributed by atoms with van der Waals surface area (Å²) in [5.74, 6) is 1.26. The molecule has 7 heteroatoms. The van der Waals surface area contributed by atoms with Crippen molar-refractivity contribution < 1.29 is 14.4 Å². The number of hydroxylamine groups is 2. The molecule has 1 unspecified atom stereocenters. The number of imide groups is 1. The molecule has 2 heterocycles. The standard InChI is InChI=1S/C16H17N3O3S/c1-19(14-4-2-3-9-17-14)22-12-7-5-11(6-8-12)10-13-15(20)18-16(21)23-13/h2,4-8,13H,3,9-10H2,1H3,(H,18,20,21). The Balaban J connectivity index is 1.59. The lowest BCUT2D eigenvalue weighted by Gasteiger charge is -2.21. The molecule has 0 spiro atoms. The van der Waals surface area contributed by atoms with Crippen LogP contribution in [-0.4, -0.2) is 40.9 Å². The first kappa shape index (κ1) is 15.6. The number of thioether (sulfide) groups is 1. The van der Waals surface area contributed by atoms with E-state index in [9.17, 15) is 9.59 Å². The van der Waals surface area contributed by atoms with Gasteiger partial charge in [0, 0.05) is 13.6 Å².